The van der Waals surface area contributed by atoms with Crippen LogP contribution in [0.2, 0.25) is 0 Å². The number of rotatable bonds is 21. The van der Waals surface area contributed by atoms with Gasteiger partial charge in [-0.1, -0.05) is 99.5 Å². The van der Waals surface area contributed by atoms with Gasteiger partial charge >= 0.3 is 0 Å². The summed E-state index contributed by atoms with van der Waals surface area (Å²) in [5.74, 6) is -11.1. The van der Waals surface area contributed by atoms with Crippen molar-refractivity contribution >= 4 is 41.1 Å². The highest BCUT2D eigenvalue weighted by molar-refractivity contribution is 6.01. The highest BCUT2D eigenvalue weighted by Gasteiger charge is 2.50. The standard InChI is InChI=1S/C64H84N6O18/c1-5-6-7-25-87-47-22-18-41(19-23-47)39-10-8-38(9-11-39)40-12-14-42(15-13-40)50(75)29-44-30-52(77)62(88-28-27-86-26-24-65)68-61(83)55-56(78)35(2)33-70(55)64(85)54(37(4)72)67-60(82)48(58(80)57(79)43-16-20-45(73)21-17-43)32-51(76)49-31-46(74)34-69(49)63(84)53(36(3)71)66-59(44)81/h8-23,35-37,44,46,48-49,52-58,62,71-74,77-80H,5-7,24-34,65H2,1-4H3,(H,66,81)(H,67,82)(H,68,83)/t35-,36+,37+,44-,46+,48-,49-,52+,53-,54-,55-,56-,57-,58-,62+/m0/s1. The molecule has 4 aromatic carbocycles. The van der Waals surface area contributed by atoms with Gasteiger partial charge < -0.3 is 86.5 Å². The summed E-state index contributed by atoms with van der Waals surface area (Å²) in [6, 6.07) is 19.8. The third-order valence-electron chi connectivity index (χ3n) is 16.4. The Morgan fingerprint density at radius 2 is 1.24 bits per heavy atom. The second-order valence-electron chi connectivity index (χ2n) is 23.1. The number of aliphatic hydroxyl groups is 7. The number of fused-ring (bicyclic) bond motifs is 2. The van der Waals surface area contributed by atoms with Crippen molar-refractivity contribution in [3.8, 4) is 33.8 Å². The first kappa shape index (κ1) is 68.3. The lowest BCUT2D eigenvalue weighted by atomic mass is 9.86. The van der Waals surface area contributed by atoms with E-state index in [0.717, 1.165) is 70.9 Å². The van der Waals surface area contributed by atoms with Gasteiger partial charge in [-0.2, -0.15) is 0 Å². The third-order valence-corrected chi connectivity index (χ3v) is 16.4. The SMILES string of the molecule is CCCCCOc1ccc(-c2ccc(-c3ccc(C(=O)C[C@H]4C[C@@H](O)[C@@H](OCCOCCN)NC(=O)[C@@H]5[C@@H](O)[C@@H](C)CN5C(=O)[C@H]([C@@H](C)O)NC(=O)[C@H]([C@H](O)[C@@H](O)c5ccc(O)cc5)CC(=O)[C@@H]5C[C@@H](O)CN5C(=O)[C@H]([C@@H](C)O)NC4=O)cc3)cc2)cc1. The number of unbranched alkanes of at least 4 members (excludes halogenated alkanes) is 2. The molecule has 0 spiro atoms. The molecule has 0 unspecified atom stereocenters. The molecule has 7 rings (SSSR count). The van der Waals surface area contributed by atoms with E-state index in [4.69, 9.17) is 19.9 Å². The number of phenols is 1. The zero-order valence-electron chi connectivity index (χ0n) is 49.9. The van der Waals surface area contributed by atoms with Gasteiger partial charge in [0, 0.05) is 56.3 Å². The largest absolute Gasteiger partial charge is 0.508 e. The number of benzene rings is 4. The highest BCUT2D eigenvalue weighted by Crippen LogP contribution is 2.33. The summed E-state index contributed by atoms with van der Waals surface area (Å²) in [4.78, 5) is 104. The zero-order valence-corrected chi connectivity index (χ0v) is 49.9. The van der Waals surface area contributed by atoms with Gasteiger partial charge in [0.15, 0.2) is 17.8 Å². The number of carbonyl (C=O) groups is 7. The number of Topliss-reactive ketones (excluding diaryl/α,β-unsaturated/α-hetero) is 2. The van der Waals surface area contributed by atoms with E-state index in [1.807, 2.05) is 48.5 Å². The van der Waals surface area contributed by atoms with Gasteiger partial charge in [0.05, 0.1) is 75.0 Å². The van der Waals surface area contributed by atoms with Gasteiger partial charge in [-0.05, 0) is 78.8 Å². The lowest BCUT2D eigenvalue weighted by Crippen LogP contribution is -2.61. The van der Waals surface area contributed by atoms with Crippen LogP contribution in [0.25, 0.3) is 22.3 Å². The van der Waals surface area contributed by atoms with Crippen molar-refractivity contribution < 1.29 is 88.6 Å². The Morgan fingerprint density at radius 3 is 1.82 bits per heavy atom. The van der Waals surface area contributed by atoms with Gasteiger partial charge in [-0.25, -0.2) is 0 Å². The van der Waals surface area contributed by atoms with E-state index in [-0.39, 0.29) is 49.8 Å². The molecule has 15 atom stereocenters. The molecule has 0 aromatic heterocycles. The number of phenolic OH excluding ortho intramolecular Hbond substituents is 1. The fraction of sp³-hybridized carbons (Fsp3) is 0.516. The van der Waals surface area contributed by atoms with Crippen LogP contribution in [-0.4, -0.2) is 205 Å². The van der Waals surface area contributed by atoms with Gasteiger partial charge in [-0.3, -0.25) is 33.6 Å². The van der Waals surface area contributed by atoms with Crippen molar-refractivity contribution in [1.29, 1.82) is 0 Å². The number of aromatic hydroxyl groups is 1. The quantitative estimate of drug-likeness (QED) is 0.0413. The average Bonchev–Trinajstić information content (AvgIpc) is 2.10. The van der Waals surface area contributed by atoms with Crippen molar-refractivity contribution in [2.45, 2.75) is 146 Å². The van der Waals surface area contributed by atoms with E-state index in [2.05, 4.69) is 22.9 Å². The molecule has 3 saturated heterocycles. The number of ether oxygens (including phenoxy) is 3. The first-order valence-electron chi connectivity index (χ1n) is 30.0. The van der Waals surface area contributed by atoms with E-state index in [1.165, 1.54) is 31.2 Å². The van der Waals surface area contributed by atoms with Gasteiger partial charge in [-0.15, -0.1) is 0 Å². The maximum Gasteiger partial charge on any atom is 0.248 e. The van der Waals surface area contributed by atoms with Crippen molar-refractivity contribution in [3.05, 3.63) is 108 Å². The van der Waals surface area contributed by atoms with E-state index in [0.29, 0.717) is 6.61 Å². The molecule has 3 fully saturated rings. The van der Waals surface area contributed by atoms with Crippen LogP contribution in [0.4, 0.5) is 0 Å². The third kappa shape index (κ3) is 17.3. The number of amides is 5. The van der Waals surface area contributed by atoms with Crippen LogP contribution in [0.3, 0.4) is 0 Å². The number of nitrogens with zero attached hydrogens (tertiary/aromatic N) is 2. The number of hydrogen-bond acceptors (Lipinski definition) is 19. The van der Waals surface area contributed by atoms with Crippen molar-refractivity contribution in [1.82, 2.24) is 25.8 Å². The fourth-order valence-corrected chi connectivity index (χ4v) is 11.3. The molecular formula is C64H84N6O18. The molecule has 0 saturated carbocycles. The summed E-state index contributed by atoms with van der Waals surface area (Å²) < 4.78 is 17.3. The Labute approximate surface area is 511 Å². The molecule has 0 radical (unpaired) electrons. The fourth-order valence-electron chi connectivity index (χ4n) is 11.3. The Hall–Kier alpha value is -7.23. The van der Waals surface area contributed by atoms with Crippen LogP contribution in [0.15, 0.2) is 97.1 Å². The minimum Gasteiger partial charge on any atom is -0.508 e. The van der Waals surface area contributed by atoms with Gasteiger partial charge in [0.1, 0.15) is 35.7 Å². The van der Waals surface area contributed by atoms with Crippen LogP contribution in [0, 0.1) is 17.8 Å². The predicted octanol–water partition coefficient (Wildman–Crippen LogP) is 1.25. The molecule has 0 aliphatic carbocycles. The maximum absolute atomic E-state index is 14.8. The second kappa shape index (κ2) is 31.8. The van der Waals surface area contributed by atoms with Crippen molar-refractivity contribution in [3.63, 3.8) is 0 Å². The molecule has 88 heavy (non-hydrogen) atoms. The molecule has 3 aliphatic rings. The number of ketones is 2. The number of hydrogen-bond donors (Lipinski definition) is 12. The van der Waals surface area contributed by atoms with Crippen molar-refractivity contribution in [2.24, 2.45) is 23.5 Å². The van der Waals surface area contributed by atoms with Gasteiger partial charge in [0.25, 0.3) is 0 Å². The Balaban J connectivity index is 1.22. The topological polar surface area (TPSA) is 378 Å². The maximum atomic E-state index is 14.8. The average molecular weight is 1230 g/mol. The second-order valence-corrected chi connectivity index (χ2v) is 23.1. The number of aliphatic hydroxyl groups excluding tert-OH is 7. The zero-order chi connectivity index (χ0) is 63.9. The van der Waals surface area contributed by atoms with Crippen LogP contribution >= 0.6 is 0 Å². The van der Waals surface area contributed by atoms with E-state index in [1.54, 1.807) is 24.3 Å². The Bertz CT molecular complexity index is 2990. The molecule has 24 heteroatoms. The minimum atomic E-state index is -2.18. The monoisotopic (exact) mass is 1220 g/mol. The van der Waals surface area contributed by atoms with Crippen LogP contribution in [-0.2, 0) is 38.2 Å². The molecule has 478 valence electrons. The summed E-state index contributed by atoms with van der Waals surface area (Å²) in [6.45, 7) is 5.53. The first-order chi connectivity index (χ1) is 42.0. The van der Waals surface area contributed by atoms with Crippen LogP contribution in [0.1, 0.15) is 94.7 Å². The molecule has 24 nitrogen and oxygen atoms in total. The smallest absolute Gasteiger partial charge is 0.248 e. The lowest BCUT2D eigenvalue weighted by molar-refractivity contribution is -0.150. The molecule has 3 heterocycles. The molecular weight excluding hydrogens is 1140 g/mol. The Morgan fingerprint density at radius 1 is 0.670 bits per heavy atom. The molecule has 5 amide bonds. The molecule has 0 bridgehead atoms. The molecule has 4 aromatic rings. The summed E-state index contributed by atoms with van der Waals surface area (Å²) in [5, 5.41) is 97.8. The molecule has 3 aliphatic heterocycles. The summed E-state index contributed by atoms with van der Waals surface area (Å²) in [7, 11) is 0. The highest BCUT2D eigenvalue weighted by atomic mass is 16.5. The van der Waals surface area contributed by atoms with Crippen molar-refractivity contribution in [2.75, 3.05) is 46.1 Å². The summed E-state index contributed by atoms with van der Waals surface area (Å²) in [5.41, 5.74) is 9.25. The number of nitrogens with one attached hydrogen (secondary N) is 3. The first-order valence-corrected chi connectivity index (χ1v) is 30.0. The normalized spacial score (nSPS) is 26.6. The molecule has 13 N–H and O–H groups in total. The van der Waals surface area contributed by atoms with E-state index < -0.39 is 164 Å². The summed E-state index contributed by atoms with van der Waals surface area (Å²) in [6.07, 6.45) is -13.9. The Kier molecular flexibility index (Phi) is 24.7. The van der Waals surface area contributed by atoms with E-state index in [9.17, 15) is 74.4 Å². The lowest BCUT2D eigenvalue weighted by Gasteiger charge is -2.34. The predicted molar refractivity (Wildman–Crippen MR) is 319 cm³/mol. The summed E-state index contributed by atoms with van der Waals surface area (Å²) >= 11 is 0. The van der Waals surface area contributed by atoms with E-state index >= 15 is 0 Å². The van der Waals surface area contributed by atoms with Crippen LogP contribution < -0.4 is 26.4 Å². The van der Waals surface area contributed by atoms with Gasteiger partial charge in [0.2, 0.25) is 29.5 Å². The number of carbonyl (C=O) groups excluding carboxylic acids is 7. The van der Waals surface area contributed by atoms with Crippen LogP contribution in [0.5, 0.6) is 11.5 Å². The number of nitrogens with two attached hydrogens (primary N) is 1. The minimum absolute atomic E-state index is 0.0265.